The Balaban J connectivity index is 2.83. The molecule has 0 saturated carbocycles. The highest BCUT2D eigenvalue weighted by atomic mass is 16.5. The van der Waals surface area contributed by atoms with Crippen LogP contribution >= 0.6 is 0 Å². The number of pyridine rings is 1. The molecule has 0 fully saturated rings. The summed E-state index contributed by atoms with van der Waals surface area (Å²) in [5.74, 6) is 1.07. The lowest BCUT2D eigenvalue weighted by Crippen LogP contribution is -2.30. The van der Waals surface area contributed by atoms with Crippen LogP contribution < -0.4 is 10.2 Å². The van der Waals surface area contributed by atoms with E-state index in [0.717, 1.165) is 38.7 Å². The highest BCUT2D eigenvalue weighted by Crippen LogP contribution is 2.23. The second-order valence-corrected chi connectivity index (χ2v) is 4.47. The number of rotatable bonds is 9. The predicted molar refractivity (Wildman–Crippen MR) is 80.7 cm³/mol. The Morgan fingerprint density at radius 2 is 2.16 bits per heavy atom. The Kier molecular flexibility index (Phi) is 7.45. The van der Waals surface area contributed by atoms with Gasteiger partial charge < -0.3 is 15.0 Å². The summed E-state index contributed by atoms with van der Waals surface area (Å²) < 4.78 is 5.45. The SMILES string of the molecule is CCNC(C)c1cccnc1N(CC)CCOCC. The van der Waals surface area contributed by atoms with Crippen LogP contribution in [0.1, 0.15) is 39.3 Å². The monoisotopic (exact) mass is 265 g/mol. The van der Waals surface area contributed by atoms with E-state index in [0.29, 0.717) is 6.04 Å². The molecule has 1 aromatic rings. The maximum atomic E-state index is 5.45. The minimum absolute atomic E-state index is 0.315. The number of hydrogen-bond acceptors (Lipinski definition) is 4. The molecule has 0 bridgehead atoms. The van der Waals surface area contributed by atoms with Crippen LogP contribution in [0, 0.1) is 0 Å². The second kappa shape index (κ2) is 8.88. The summed E-state index contributed by atoms with van der Waals surface area (Å²) in [4.78, 5) is 6.84. The van der Waals surface area contributed by atoms with E-state index in [2.05, 4.69) is 42.0 Å². The molecule has 0 aliphatic heterocycles. The van der Waals surface area contributed by atoms with Gasteiger partial charge in [0.05, 0.1) is 6.61 Å². The number of hydrogen-bond donors (Lipinski definition) is 1. The van der Waals surface area contributed by atoms with E-state index in [-0.39, 0.29) is 0 Å². The van der Waals surface area contributed by atoms with Crippen LogP contribution in [0.25, 0.3) is 0 Å². The fourth-order valence-electron chi connectivity index (χ4n) is 2.16. The van der Waals surface area contributed by atoms with Gasteiger partial charge in [-0.15, -0.1) is 0 Å². The third-order valence-electron chi connectivity index (χ3n) is 3.18. The molecular weight excluding hydrogens is 238 g/mol. The van der Waals surface area contributed by atoms with Gasteiger partial charge >= 0.3 is 0 Å². The van der Waals surface area contributed by atoms with E-state index in [4.69, 9.17) is 4.74 Å². The zero-order valence-corrected chi connectivity index (χ0v) is 12.6. The van der Waals surface area contributed by atoms with Crippen molar-refractivity contribution in [3.05, 3.63) is 23.9 Å². The molecule has 1 atom stereocenters. The van der Waals surface area contributed by atoms with Gasteiger partial charge in [-0.25, -0.2) is 4.98 Å². The van der Waals surface area contributed by atoms with Crippen molar-refractivity contribution in [1.82, 2.24) is 10.3 Å². The van der Waals surface area contributed by atoms with Crippen LogP contribution in [0.4, 0.5) is 5.82 Å². The van der Waals surface area contributed by atoms with Crippen molar-refractivity contribution in [2.45, 2.75) is 33.7 Å². The summed E-state index contributed by atoms with van der Waals surface area (Å²) in [6.07, 6.45) is 1.86. The number of nitrogens with zero attached hydrogens (tertiary/aromatic N) is 2. The fourth-order valence-corrected chi connectivity index (χ4v) is 2.16. The highest BCUT2D eigenvalue weighted by Gasteiger charge is 2.15. The number of nitrogens with one attached hydrogen (secondary N) is 1. The first-order valence-electron chi connectivity index (χ1n) is 7.25. The van der Waals surface area contributed by atoms with Crippen LogP contribution in [0.15, 0.2) is 18.3 Å². The minimum atomic E-state index is 0.315. The maximum absolute atomic E-state index is 5.45. The molecule has 1 heterocycles. The molecule has 0 radical (unpaired) electrons. The lowest BCUT2D eigenvalue weighted by atomic mass is 10.1. The summed E-state index contributed by atoms with van der Waals surface area (Å²) in [6, 6.07) is 4.47. The Labute approximate surface area is 117 Å². The first kappa shape index (κ1) is 15.9. The molecule has 1 rings (SSSR count). The van der Waals surface area contributed by atoms with Crippen LogP contribution in [-0.2, 0) is 4.74 Å². The predicted octanol–water partition coefficient (Wildman–Crippen LogP) is 2.61. The maximum Gasteiger partial charge on any atom is 0.133 e. The Hall–Kier alpha value is -1.13. The summed E-state index contributed by atoms with van der Waals surface area (Å²) in [5, 5.41) is 3.45. The molecule has 0 saturated heterocycles. The molecule has 4 heteroatoms. The van der Waals surface area contributed by atoms with Crippen molar-refractivity contribution in [3.63, 3.8) is 0 Å². The fraction of sp³-hybridized carbons (Fsp3) is 0.667. The van der Waals surface area contributed by atoms with Gasteiger partial charge in [0.25, 0.3) is 0 Å². The average Bonchev–Trinajstić information content (AvgIpc) is 2.44. The number of ether oxygens (including phenoxy) is 1. The molecule has 1 N–H and O–H groups in total. The van der Waals surface area contributed by atoms with Gasteiger partial charge in [0.1, 0.15) is 5.82 Å². The molecule has 108 valence electrons. The van der Waals surface area contributed by atoms with Crippen molar-refractivity contribution in [2.24, 2.45) is 0 Å². The Morgan fingerprint density at radius 1 is 1.37 bits per heavy atom. The van der Waals surface area contributed by atoms with Crippen molar-refractivity contribution in [3.8, 4) is 0 Å². The quantitative estimate of drug-likeness (QED) is 0.696. The normalized spacial score (nSPS) is 12.4. The highest BCUT2D eigenvalue weighted by molar-refractivity contribution is 5.48. The molecule has 0 spiro atoms. The van der Waals surface area contributed by atoms with E-state index in [1.165, 1.54) is 5.56 Å². The van der Waals surface area contributed by atoms with Gasteiger partial charge in [0.2, 0.25) is 0 Å². The standard InChI is InChI=1S/C15H27N3O/c1-5-16-13(4)14-9-8-10-17-15(14)18(6-2)11-12-19-7-3/h8-10,13,16H,5-7,11-12H2,1-4H3. The second-order valence-electron chi connectivity index (χ2n) is 4.47. The van der Waals surface area contributed by atoms with Gasteiger partial charge in [-0.3, -0.25) is 0 Å². The van der Waals surface area contributed by atoms with Crippen LogP contribution in [0.5, 0.6) is 0 Å². The van der Waals surface area contributed by atoms with E-state index in [1.807, 2.05) is 19.2 Å². The number of aromatic nitrogens is 1. The molecule has 19 heavy (non-hydrogen) atoms. The van der Waals surface area contributed by atoms with E-state index in [1.54, 1.807) is 0 Å². The van der Waals surface area contributed by atoms with Gasteiger partial charge in [-0.1, -0.05) is 13.0 Å². The molecule has 0 amide bonds. The van der Waals surface area contributed by atoms with Gasteiger partial charge in [-0.05, 0) is 33.4 Å². The number of likely N-dealkylation sites (N-methyl/N-ethyl adjacent to an activating group) is 1. The van der Waals surface area contributed by atoms with E-state index < -0.39 is 0 Å². The smallest absolute Gasteiger partial charge is 0.133 e. The summed E-state index contributed by atoms with van der Waals surface area (Å²) >= 11 is 0. The molecule has 0 aromatic carbocycles. The van der Waals surface area contributed by atoms with E-state index >= 15 is 0 Å². The lowest BCUT2D eigenvalue weighted by molar-refractivity contribution is 0.154. The van der Waals surface area contributed by atoms with E-state index in [9.17, 15) is 0 Å². The van der Waals surface area contributed by atoms with Crippen molar-refractivity contribution >= 4 is 5.82 Å². The lowest BCUT2D eigenvalue weighted by Gasteiger charge is -2.26. The summed E-state index contributed by atoms with van der Waals surface area (Å²) in [6.45, 7) is 12.8. The molecule has 1 unspecified atom stereocenters. The van der Waals surface area contributed by atoms with Crippen LogP contribution in [0.3, 0.4) is 0 Å². The molecule has 0 aliphatic carbocycles. The van der Waals surface area contributed by atoms with Crippen molar-refractivity contribution in [2.75, 3.05) is 37.7 Å². The first-order chi connectivity index (χ1) is 9.24. The van der Waals surface area contributed by atoms with Gasteiger partial charge in [0.15, 0.2) is 0 Å². The van der Waals surface area contributed by atoms with Crippen molar-refractivity contribution < 1.29 is 4.74 Å². The first-order valence-corrected chi connectivity index (χ1v) is 7.25. The van der Waals surface area contributed by atoms with Crippen LogP contribution in [0.2, 0.25) is 0 Å². The van der Waals surface area contributed by atoms with Crippen LogP contribution in [-0.4, -0.2) is 37.8 Å². The minimum Gasteiger partial charge on any atom is -0.380 e. The third-order valence-corrected chi connectivity index (χ3v) is 3.18. The molecular formula is C15H27N3O. The zero-order chi connectivity index (χ0) is 14.1. The third kappa shape index (κ3) is 4.80. The number of anilines is 1. The molecule has 4 nitrogen and oxygen atoms in total. The average molecular weight is 265 g/mol. The Bertz CT molecular complexity index is 357. The molecule has 0 aliphatic rings. The summed E-state index contributed by atoms with van der Waals surface area (Å²) in [5.41, 5.74) is 1.25. The van der Waals surface area contributed by atoms with Gasteiger partial charge in [0, 0.05) is 37.5 Å². The van der Waals surface area contributed by atoms with Gasteiger partial charge in [-0.2, -0.15) is 0 Å². The largest absolute Gasteiger partial charge is 0.380 e. The zero-order valence-electron chi connectivity index (χ0n) is 12.6. The Morgan fingerprint density at radius 3 is 2.79 bits per heavy atom. The summed E-state index contributed by atoms with van der Waals surface area (Å²) in [7, 11) is 0. The topological polar surface area (TPSA) is 37.4 Å². The molecule has 1 aromatic heterocycles. The van der Waals surface area contributed by atoms with Crippen molar-refractivity contribution in [1.29, 1.82) is 0 Å².